The Labute approximate surface area is 201 Å². The second-order valence-electron chi connectivity index (χ2n) is 5.16. The van der Waals surface area contributed by atoms with Crippen molar-refractivity contribution in [2.24, 2.45) is 0 Å². The van der Waals surface area contributed by atoms with Gasteiger partial charge in [0.05, 0.1) is 24.0 Å². The smallest absolute Gasteiger partial charge is 0.374 e. The largest absolute Gasteiger partial charge is 0.458 e. The van der Waals surface area contributed by atoms with Gasteiger partial charge in [-0.2, -0.15) is 0 Å². The summed E-state index contributed by atoms with van der Waals surface area (Å²) in [7, 11) is 1.45. The number of carbonyl (C=O) groups is 5. The molecule has 0 fully saturated rings. The van der Waals surface area contributed by atoms with Crippen molar-refractivity contribution in [3.63, 3.8) is 0 Å². The SMILES string of the molecule is CNC(=O)c1c(I)c(NC(C)=O)c(I)c(C(=O)OCCOC(=O)C(C)=O)c1I. The van der Waals surface area contributed by atoms with Crippen molar-refractivity contribution in [1.29, 1.82) is 0 Å². The Kier molecular flexibility index (Phi) is 10.0. The molecule has 0 saturated carbocycles. The van der Waals surface area contributed by atoms with E-state index in [1.54, 1.807) is 0 Å². The maximum absolute atomic E-state index is 12.6. The molecule has 9 nitrogen and oxygen atoms in total. The Morgan fingerprint density at radius 2 is 1.39 bits per heavy atom. The molecule has 0 bridgehead atoms. The van der Waals surface area contributed by atoms with Crippen molar-refractivity contribution in [2.75, 3.05) is 25.6 Å². The highest BCUT2D eigenvalue weighted by Crippen LogP contribution is 2.36. The fourth-order valence-electron chi connectivity index (χ4n) is 1.90. The Morgan fingerprint density at radius 1 is 0.857 bits per heavy atom. The number of nitrogens with one attached hydrogen (secondary N) is 2. The summed E-state index contributed by atoms with van der Waals surface area (Å²) >= 11 is 5.67. The van der Waals surface area contributed by atoms with Crippen LogP contribution in [0.5, 0.6) is 0 Å². The molecular weight excluding hydrogens is 713 g/mol. The summed E-state index contributed by atoms with van der Waals surface area (Å²) in [6.45, 7) is 1.81. The lowest BCUT2D eigenvalue weighted by atomic mass is 10.1. The molecule has 0 radical (unpaired) electrons. The van der Waals surface area contributed by atoms with E-state index in [0.717, 1.165) is 6.92 Å². The number of anilines is 1. The number of halogens is 3. The normalized spacial score (nSPS) is 10.1. The number of esters is 2. The number of ether oxygens (including phenoxy) is 2. The lowest BCUT2D eigenvalue weighted by Crippen LogP contribution is -2.25. The summed E-state index contributed by atoms with van der Waals surface area (Å²) in [5.74, 6) is -3.34. The van der Waals surface area contributed by atoms with Crippen LogP contribution in [0.2, 0.25) is 0 Å². The summed E-state index contributed by atoms with van der Waals surface area (Å²) in [5, 5.41) is 5.13. The van der Waals surface area contributed by atoms with Crippen LogP contribution in [0.1, 0.15) is 34.6 Å². The standard InChI is InChI=1S/C16H15I3N2O7/c1-6(22)15(25)27-4-5-28-16(26)9-10(17)8(14(24)20-3)11(18)13(12(9)19)21-7(2)23/h4-5H2,1-3H3,(H,20,24)(H,21,23). The fraction of sp³-hybridized carbons (Fsp3) is 0.312. The lowest BCUT2D eigenvalue weighted by Gasteiger charge is -2.18. The number of amides is 2. The monoisotopic (exact) mass is 728 g/mol. The number of hydrogen-bond acceptors (Lipinski definition) is 7. The van der Waals surface area contributed by atoms with E-state index in [1.165, 1.54) is 14.0 Å². The summed E-state index contributed by atoms with van der Waals surface area (Å²) in [6.07, 6.45) is 0. The van der Waals surface area contributed by atoms with Gasteiger partial charge in [-0.25, -0.2) is 9.59 Å². The van der Waals surface area contributed by atoms with Gasteiger partial charge in [0.25, 0.3) is 5.91 Å². The quantitative estimate of drug-likeness (QED) is 0.191. The van der Waals surface area contributed by atoms with Crippen molar-refractivity contribution in [3.05, 3.63) is 21.8 Å². The second-order valence-corrected chi connectivity index (χ2v) is 8.39. The topological polar surface area (TPSA) is 128 Å². The Balaban J connectivity index is 3.23. The highest BCUT2D eigenvalue weighted by molar-refractivity contribution is 14.1. The predicted octanol–water partition coefficient (Wildman–Crippen LogP) is 2.11. The highest BCUT2D eigenvalue weighted by Gasteiger charge is 2.28. The minimum absolute atomic E-state index is 0.0989. The third-order valence-corrected chi connectivity index (χ3v) is 6.35. The minimum Gasteiger partial charge on any atom is -0.458 e. The van der Waals surface area contributed by atoms with Crippen LogP contribution in [0, 0.1) is 10.7 Å². The first-order valence-corrected chi connectivity index (χ1v) is 10.8. The molecule has 0 aliphatic carbocycles. The molecule has 0 aromatic heterocycles. The zero-order valence-corrected chi connectivity index (χ0v) is 21.4. The maximum Gasteiger partial charge on any atom is 0.374 e. The first-order valence-electron chi connectivity index (χ1n) is 7.57. The molecule has 2 amide bonds. The van der Waals surface area contributed by atoms with Crippen LogP contribution in [0.25, 0.3) is 0 Å². The van der Waals surface area contributed by atoms with Gasteiger partial charge < -0.3 is 20.1 Å². The molecule has 152 valence electrons. The van der Waals surface area contributed by atoms with Crippen molar-refractivity contribution < 1.29 is 33.4 Å². The Hall–Kier alpha value is -1.04. The van der Waals surface area contributed by atoms with Crippen molar-refractivity contribution in [2.45, 2.75) is 13.8 Å². The molecule has 0 unspecified atom stereocenters. The first-order chi connectivity index (χ1) is 13.0. The van der Waals surface area contributed by atoms with Crippen LogP contribution in [0.15, 0.2) is 0 Å². The molecular formula is C16H15I3N2O7. The van der Waals surface area contributed by atoms with Crippen molar-refractivity contribution >= 4 is 103 Å². The third-order valence-electron chi connectivity index (χ3n) is 3.11. The number of benzene rings is 1. The number of hydrogen-bond donors (Lipinski definition) is 2. The van der Waals surface area contributed by atoms with Crippen LogP contribution >= 0.6 is 67.8 Å². The van der Waals surface area contributed by atoms with Crippen LogP contribution in [-0.4, -0.2) is 49.8 Å². The third kappa shape index (κ3) is 6.23. The van der Waals surface area contributed by atoms with E-state index in [0.29, 0.717) is 16.4 Å². The van der Waals surface area contributed by atoms with E-state index in [1.807, 2.05) is 67.8 Å². The molecule has 0 heterocycles. The van der Waals surface area contributed by atoms with E-state index in [4.69, 9.17) is 4.74 Å². The van der Waals surface area contributed by atoms with E-state index in [-0.39, 0.29) is 30.2 Å². The predicted molar refractivity (Wildman–Crippen MR) is 124 cm³/mol. The van der Waals surface area contributed by atoms with Crippen LogP contribution in [0.4, 0.5) is 5.69 Å². The molecule has 1 rings (SSSR count). The summed E-state index contributed by atoms with van der Waals surface area (Å²) in [5.41, 5.74) is 0.646. The Morgan fingerprint density at radius 3 is 1.89 bits per heavy atom. The molecule has 0 spiro atoms. The molecule has 2 N–H and O–H groups in total. The van der Waals surface area contributed by atoms with Crippen LogP contribution in [-0.2, 0) is 23.9 Å². The average Bonchev–Trinajstić information content (AvgIpc) is 2.61. The van der Waals surface area contributed by atoms with E-state index < -0.39 is 23.6 Å². The first kappa shape index (κ1) is 25.0. The lowest BCUT2D eigenvalue weighted by molar-refractivity contribution is -0.153. The maximum atomic E-state index is 12.6. The molecule has 0 atom stereocenters. The van der Waals surface area contributed by atoms with Gasteiger partial charge in [0, 0.05) is 24.5 Å². The molecule has 1 aromatic carbocycles. The number of rotatable bonds is 7. The highest BCUT2D eigenvalue weighted by atomic mass is 127. The minimum atomic E-state index is -1.02. The van der Waals surface area contributed by atoms with Gasteiger partial charge in [0.1, 0.15) is 13.2 Å². The molecule has 0 aliphatic rings. The average molecular weight is 728 g/mol. The number of ketones is 1. The van der Waals surface area contributed by atoms with E-state index >= 15 is 0 Å². The molecule has 28 heavy (non-hydrogen) atoms. The zero-order chi connectivity index (χ0) is 21.6. The van der Waals surface area contributed by atoms with E-state index in [9.17, 15) is 24.0 Å². The van der Waals surface area contributed by atoms with E-state index in [2.05, 4.69) is 15.4 Å². The van der Waals surface area contributed by atoms with Gasteiger partial charge in [0.15, 0.2) is 0 Å². The summed E-state index contributed by atoms with van der Waals surface area (Å²) in [4.78, 5) is 58.4. The van der Waals surface area contributed by atoms with Crippen molar-refractivity contribution in [1.82, 2.24) is 5.32 Å². The van der Waals surface area contributed by atoms with Gasteiger partial charge in [-0.05, 0) is 67.8 Å². The van der Waals surface area contributed by atoms with Gasteiger partial charge in [0.2, 0.25) is 11.7 Å². The van der Waals surface area contributed by atoms with Crippen molar-refractivity contribution in [3.8, 4) is 0 Å². The van der Waals surface area contributed by atoms with Gasteiger partial charge in [-0.1, -0.05) is 0 Å². The molecule has 0 saturated heterocycles. The Bertz CT molecular complexity index is 855. The zero-order valence-electron chi connectivity index (χ0n) is 14.9. The summed E-state index contributed by atoms with van der Waals surface area (Å²) in [6, 6.07) is 0. The number of carbonyl (C=O) groups excluding carboxylic acids is 5. The second kappa shape index (κ2) is 11.2. The van der Waals surface area contributed by atoms with Gasteiger partial charge in [-0.15, -0.1) is 0 Å². The van der Waals surface area contributed by atoms with Gasteiger partial charge >= 0.3 is 11.9 Å². The molecule has 0 aliphatic heterocycles. The fourth-order valence-corrected chi connectivity index (χ4v) is 6.26. The molecule has 1 aromatic rings. The van der Waals surface area contributed by atoms with Crippen LogP contribution in [0.3, 0.4) is 0 Å². The molecule has 12 heteroatoms. The van der Waals surface area contributed by atoms with Gasteiger partial charge in [-0.3, -0.25) is 14.4 Å². The number of Topliss-reactive ketones (excluding diaryl/α,β-unsaturated/α-hetero) is 1. The summed E-state index contributed by atoms with van der Waals surface area (Å²) < 4.78 is 11.0. The van der Waals surface area contributed by atoms with Crippen LogP contribution < -0.4 is 10.6 Å².